The summed E-state index contributed by atoms with van der Waals surface area (Å²) in [6, 6.07) is 0. The topological polar surface area (TPSA) is 70.1 Å². The number of hydrogen-bond donors (Lipinski definition) is 1. The Balaban J connectivity index is 3.01. The summed E-state index contributed by atoms with van der Waals surface area (Å²) in [6.45, 7) is 0. The Labute approximate surface area is 57.4 Å². The third kappa shape index (κ3) is 0.928. The van der Waals surface area contributed by atoms with Crippen LogP contribution in [0.1, 0.15) is 10.6 Å². The summed E-state index contributed by atoms with van der Waals surface area (Å²) in [7, 11) is 1.42. The van der Waals surface area contributed by atoms with Gasteiger partial charge >= 0.3 is 0 Å². The van der Waals surface area contributed by atoms with Crippen molar-refractivity contribution >= 4 is 5.91 Å². The van der Waals surface area contributed by atoms with Crippen molar-refractivity contribution in [1.82, 2.24) is 9.71 Å². The smallest absolute Gasteiger partial charge is 0.287 e. The fourth-order valence-electron chi connectivity index (χ4n) is 0.612. The largest absolute Gasteiger partial charge is 0.415 e. The van der Waals surface area contributed by atoms with Crippen LogP contribution >= 0.6 is 0 Å². The van der Waals surface area contributed by atoms with Crippen LogP contribution in [0, 0.1) is 0 Å². The summed E-state index contributed by atoms with van der Waals surface area (Å²) in [6.07, 6.45) is 2.93. The molecular formula is C5H7N3O2. The van der Waals surface area contributed by atoms with Gasteiger partial charge in [-0.1, -0.05) is 0 Å². The maximum Gasteiger partial charge on any atom is 0.287 e. The predicted octanol–water partition coefficient (Wildman–Crippen LogP) is -0.960. The molecule has 0 aliphatic heterocycles. The van der Waals surface area contributed by atoms with Gasteiger partial charge in [-0.25, -0.2) is 4.98 Å². The van der Waals surface area contributed by atoms with E-state index in [0.29, 0.717) is 0 Å². The van der Waals surface area contributed by atoms with Gasteiger partial charge in [-0.3, -0.25) is 4.79 Å². The summed E-state index contributed by atoms with van der Waals surface area (Å²) < 4.78 is 1.20. The molecule has 0 aliphatic carbocycles. The lowest BCUT2D eigenvalue weighted by atomic mass is 10.6. The van der Waals surface area contributed by atoms with Crippen LogP contribution in [0.2, 0.25) is 0 Å². The molecule has 1 rings (SSSR count). The minimum absolute atomic E-state index is 0.0995. The summed E-state index contributed by atoms with van der Waals surface area (Å²) in [5.74, 6) is -0.505. The van der Waals surface area contributed by atoms with Crippen molar-refractivity contribution in [2.24, 2.45) is 5.73 Å². The number of amides is 1. The normalized spacial score (nSPS) is 9.30. The molecule has 0 saturated heterocycles. The average Bonchev–Trinajstić information content (AvgIpc) is 2.33. The van der Waals surface area contributed by atoms with Crippen molar-refractivity contribution < 1.29 is 9.63 Å². The first-order chi connectivity index (χ1) is 4.75. The quantitative estimate of drug-likeness (QED) is 0.576. The second-order valence-corrected chi connectivity index (χ2v) is 1.62. The first kappa shape index (κ1) is 6.60. The molecule has 0 unspecified atom stereocenters. The lowest BCUT2D eigenvalue weighted by Crippen LogP contribution is -2.20. The van der Waals surface area contributed by atoms with Gasteiger partial charge in [-0.15, -0.1) is 0 Å². The lowest BCUT2D eigenvalue weighted by molar-refractivity contribution is 0.0933. The monoisotopic (exact) mass is 141 g/mol. The van der Waals surface area contributed by atoms with E-state index in [0.717, 1.165) is 0 Å². The molecule has 10 heavy (non-hydrogen) atoms. The van der Waals surface area contributed by atoms with E-state index in [4.69, 9.17) is 10.6 Å². The Morgan fingerprint density at radius 1 is 1.90 bits per heavy atom. The molecule has 0 atom stereocenters. The fraction of sp³-hybridized carbons (Fsp3) is 0.200. The molecule has 1 aromatic rings. The van der Waals surface area contributed by atoms with E-state index in [9.17, 15) is 4.79 Å². The fourth-order valence-corrected chi connectivity index (χ4v) is 0.612. The number of carbonyl (C=O) groups is 1. The molecular weight excluding hydrogens is 134 g/mol. The van der Waals surface area contributed by atoms with Crippen molar-refractivity contribution in [3.63, 3.8) is 0 Å². The van der Waals surface area contributed by atoms with Crippen molar-refractivity contribution in [3.05, 3.63) is 18.2 Å². The Kier molecular flexibility index (Phi) is 1.57. The standard InChI is InChI=1S/C5H7N3O2/c1-10-8-3-2-7-5(8)4(6)9/h2-3H,1H3,(H2,6,9). The highest BCUT2D eigenvalue weighted by molar-refractivity contribution is 5.88. The Hall–Kier alpha value is -1.52. The molecule has 0 saturated carbocycles. The van der Waals surface area contributed by atoms with E-state index < -0.39 is 5.91 Å². The van der Waals surface area contributed by atoms with E-state index >= 15 is 0 Å². The maximum absolute atomic E-state index is 10.5. The Bertz CT molecular complexity index is 243. The first-order valence-electron chi connectivity index (χ1n) is 2.63. The molecule has 0 fully saturated rings. The molecule has 5 nitrogen and oxygen atoms in total. The lowest BCUT2D eigenvalue weighted by Gasteiger charge is -1.99. The average molecular weight is 141 g/mol. The Morgan fingerprint density at radius 2 is 2.60 bits per heavy atom. The molecule has 2 N–H and O–H groups in total. The van der Waals surface area contributed by atoms with Crippen LogP contribution in [0.15, 0.2) is 12.4 Å². The van der Waals surface area contributed by atoms with Crippen LogP contribution in [0.3, 0.4) is 0 Å². The first-order valence-corrected chi connectivity index (χ1v) is 2.63. The highest BCUT2D eigenvalue weighted by Crippen LogP contribution is 1.91. The predicted molar refractivity (Wildman–Crippen MR) is 33.2 cm³/mol. The SMILES string of the molecule is COn1ccnc1C(N)=O. The number of primary amides is 1. The molecule has 0 bridgehead atoms. The minimum atomic E-state index is -0.605. The third-order valence-electron chi connectivity index (χ3n) is 1.02. The van der Waals surface area contributed by atoms with Crippen LogP contribution in [-0.2, 0) is 0 Å². The van der Waals surface area contributed by atoms with E-state index in [1.165, 1.54) is 24.2 Å². The van der Waals surface area contributed by atoms with Gasteiger partial charge in [-0.05, 0) is 0 Å². The van der Waals surface area contributed by atoms with Gasteiger partial charge < -0.3 is 10.6 Å². The minimum Gasteiger partial charge on any atom is -0.415 e. The summed E-state index contributed by atoms with van der Waals surface area (Å²) in [5.41, 5.74) is 4.93. The van der Waals surface area contributed by atoms with Gasteiger partial charge in [0.1, 0.15) is 7.11 Å². The molecule has 1 aromatic heterocycles. The van der Waals surface area contributed by atoms with E-state index in [-0.39, 0.29) is 5.82 Å². The number of nitrogens with two attached hydrogens (primary N) is 1. The van der Waals surface area contributed by atoms with Gasteiger partial charge in [0, 0.05) is 6.20 Å². The van der Waals surface area contributed by atoms with Gasteiger partial charge in [0.15, 0.2) is 0 Å². The van der Waals surface area contributed by atoms with Crippen molar-refractivity contribution in [2.45, 2.75) is 0 Å². The maximum atomic E-state index is 10.5. The van der Waals surface area contributed by atoms with Gasteiger partial charge in [0.05, 0.1) is 6.20 Å². The highest BCUT2D eigenvalue weighted by atomic mass is 16.6. The number of hydrogen-bond acceptors (Lipinski definition) is 3. The number of imidazole rings is 1. The van der Waals surface area contributed by atoms with Crippen LogP contribution in [0.4, 0.5) is 0 Å². The molecule has 0 aliphatic rings. The second-order valence-electron chi connectivity index (χ2n) is 1.62. The number of rotatable bonds is 2. The zero-order chi connectivity index (χ0) is 7.56. The number of nitrogens with zero attached hydrogens (tertiary/aromatic N) is 2. The van der Waals surface area contributed by atoms with Gasteiger partial charge in [0.25, 0.3) is 5.91 Å². The van der Waals surface area contributed by atoms with Crippen molar-refractivity contribution in [3.8, 4) is 0 Å². The number of carbonyl (C=O) groups excluding carboxylic acids is 1. The molecule has 1 amide bonds. The van der Waals surface area contributed by atoms with Crippen LogP contribution in [-0.4, -0.2) is 22.7 Å². The molecule has 0 radical (unpaired) electrons. The zero-order valence-electron chi connectivity index (χ0n) is 5.44. The van der Waals surface area contributed by atoms with Crippen LogP contribution in [0.5, 0.6) is 0 Å². The summed E-state index contributed by atoms with van der Waals surface area (Å²) >= 11 is 0. The van der Waals surface area contributed by atoms with Crippen molar-refractivity contribution in [1.29, 1.82) is 0 Å². The van der Waals surface area contributed by atoms with E-state index in [2.05, 4.69) is 4.98 Å². The van der Waals surface area contributed by atoms with Gasteiger partial charge in [-0.2, -0.15) is 4.73 Å². The second kappa shape index (κ2) is 2.38. The molecule has 5 heteroatoms. The zero-order valence-corrected chi connectivity index (χ0v) is 5.44. The number of aromatic nitrogens is 2. The summed E-state index contributed by atoms with van der Waals surface area (Å²) in [4.78, 5) is 18.9. The molecule has 0 aromatic carbocycles. The third-order valence-corrected chi connectivity index (χ3v) is 1.02. The summed E-state index contributed by atoms with van der Waals surface area (Å²) in [5, 5.41) is 0. The Morgan fingerprint density at radius 3 is 3.00 bits per heavy atom. The van der Waals surface area contributed by atoms with Crippen LogP contribution < -0.4 is 10.6 Å². The molecule has 0 spiro atoms. The van der Waals surface area contributed by atoms with E-state index in [1.54, 1.807) is 0 Å². The van der Waals surface area contributed by atoms with E-state index in [1.807, 2.05) is 0 Å². The van der Waals surface area contributed by atoms with Gasteiger partial charge in [0.2, 0.25) is 5.82 Å². The van der Waals surface area contributed by atoms with Crippen LogP contribution in [0.25, 0.3) is 0 Å². The highest BCUT2D eigenvalue weighted by Gasteiger charge is 2.07. The molecule has 54 valence electrons. The molecule has 1 heterocycles. The van der Waals surface area contributed by atoms with Crippen molar-refractivity contribution in [2.75, 3.05) is 7.11 Å².